The van der Waals surface area contributed by atoms with Gasteiger partial charge in [0.05, 0.1) is 0 Å². The third-order valence-corrected chi connectivity index (χ3v) is 1.48. The number of oxime groups is 1. The molecule has 0 N–H and O–H groups in total. The molecule has 0 aromatic carbocycles. The van der Waals surface area contributed by atoms with Crippen LogP contribution in [0.1, 0.15) is 13.3 Å². The molecule has 0 spiro atoms. The summed E-state index contributed by atoms with van der Waals surface area (Å²) in [7, 11) is 3.40. The lowest BCUT2D eigenvalue weighted by Crippen LogP contribution is -2.29. The summed E-state index contributed by atoms with van der Waals surface area (Å²) in [5, 5.41) is 3.66. The number of amides is 1. The van der Waals surface area contributed by atoms with E-state index in [1.165, 1.54) is 4.90 Å². The molecular weight excluding hydrogens is 144 g/mol. The van der Waals surface area contributed by atoms with Crippen LogP contribution in [-0.2, 0) is 9.63 Å². The second kappa shape index (κ2) is 2.90. The quantitative estimate of drug-likeness (QED) is 0.545. The van der Waals surface area contributed by atoms with Gasteiger partial charge in [0.2, 0.25) is 0 Å². The van der Waals surface area contributed by atoms with E-state index in [0.29, 0.717) is 12.1 Å². The highest BCUT2D eigenvalue weighted by molar-refractivity contribution is 6.38. The van der Waals surface area contributed by atoms with E-state index >= 15 is 0 Å². The van der Waals surface area contributed by atoms with Crippen LogP contribution in [0.3, 0.4) is 0 Å². The van der Waals surface area contributed by atoms with Crippen LogP contribution in [0.2, 0.25) is 0 Å². The van der Waals surface area contributed by atoms with Crippen LogP contribution in [0.4, 0.5) is 0 Å². The van der Waals surface area contributed by atoms with Crippen LogP contribution in [0, 0.1) is 0 Å². The summed E-state index contributed by atoms with van der Waals surface area (Å²) in [6, 6.07) is 0. The Hall–Kier alpha value is -1.06. The summed E-state index contributed by atoms with van der Waals surface area (Å²) >= 11 is 0. The number of hydrogen-bond donors (Lipinski definition) is 0. The van der Waals surface area contributed by atoms with Crippen LogP contribution in [0.5, 0.6) is 0 Å². The molecule has 0 fully saturated rings. The fourth-order valence-electron chi connectivity index (χ4n) is 0.885. The largest absolute Gasteiger partial charge is 0.392 e. The maximum atomic E-state index is 11.2. The summed E-state index contributed by atoms with van der Waals surface area (Å²) < 4.78 is 0. The van der Waals surface area contributed by atoms with Crippen molar-refractivity contribution in [1.82, 2.24) is 4.90 Å². The Bertz CT molecular complexity index is 199. The molecular formula is C7H12N2O2. The molecule has 62 valence electrons. The van der Waals surface area contributed by atoms with Gasteiger partial charge in [-0.2, -0.15) is 0 Å². The van der Waals surface area contributed by atoms with E-state index in [9.17, 15) is 4.79 Å². The van der Waals surface area contributed by atoms with Gasteiger partial charge in [-0.25, -0.2) is 0 Å². The summed E-state index contributed by atoms with van der Waals surface area (Å²) in [6.45, 7) is 1.89. The molecule has 1 unspecified atom stereocenters. The van der Waals surface area contributed by atoms with Gasteiger partial charge in [-0.05, 0) is 6.92 Å². The molecule has 1 heterocycles. The van der Waals surface area contributed by atoms with Crippen molar-refractivity contribution in [2.75, 3.05) is 14.1 Å². The molecule has 1 rings (SSSR count). The summed E-state index contributed by atoms with van der Waals surface area (Å²) in [5.41, 5.74) is 0.516. The zero-order valence-electron chi connectivity index (χ0n) is 7.00. The molecule has 0 saturated heterocycles. The third kappa shape index (κ3) is 1.69. The molecule has 0 aliphatic carbocycles. The van der Waals surface area contributed by atoms with E-state index in [2.05, 4.69) is 5.16 Å². The monoisotopic (exact) mass is 156 g/mol. The number of nitrogens with zero attached hydrogens (tertiary/aromatic N) is 2. The first-order valence-corrected chi connectivity index (χ1v) is 3.55. The van der Waals surface area contributed by atoms with Gasteiger partial charge in [0.25, 0.3) is 5.91 Å². The molecule has 11 heavy (non-hydrogen) atoms. The average molecular weight is 156 g/mol. The van der Waals surface area contributed by atoms with Crippen LogP contribution >= 0.6 is 0 Å². The molecule has 1 aliphatic rings. The highest BCUT2D eigenvalue weighted by Crippen LogP contribution is 2.10. The van der Waals surface area contributed by atoms with Crippen molar-refractivity contribution < 1.29 is 9.63 Å². The Morgan fingerprint density at radius 3 is 2.73 bits per heavy atom. The first kappa shape index (κ1) is 8.04. The molecule has 0 bridgehead atoms. The summed E-state index contributed by atoms with van der Waals surface area (Å²) in [4.78, 5) is 17.6. The Labute approximate surface area is 65.8 Å². The van der Waals surface area contributed by atoms with Gasteiger partial charge in [-0.15, -0.1) is 0 Å². The lowest BCUT2D eigenvalue weighted by atomic mass is 10.2. The van der Waals surface area contributed by atoms with Gasteiger partial charge in [0.15, 0.2) is 0 Å². The lowest BCUT2D eigenvalue weighted by Gasteiger charge is -2.07. The van der Waals surface area contributed by atoms with Crippen molar-refractivity contribution in [3.8, 4) is 0 Å². The van der Waals surface area contributed by atoms with Crippen molar-refractivity contribution in [2.45, 2.75) is 19.4 Å². The minimum absolute atomic E-state index is 0.0499. The van der Waals surface area contributed by atoms with Crippen molar-refractivity contribution in [1.29, 1.82) is 0 Å². The second-order valence-corrected chi connectivity index (χ2v) is 2.86. The maximum Gasteiger partial charge on any atom is 0.271 e. The van der Waals surface area contributed by atoms with E-state index in [0.717, 1.165) is 0 Å². The molecule has 0 radical (unpaired) electrons. The first-order valence-electron chi connectivity index (χ1n) is 3.55. The van der Waals surface area contributed by atoms with Crippen molar-refractivity contribution in [3.63, 3.8) is 0 Å². The minimum atomic E-state index is -0.0608. The number of rotatable bonds is 1. The van der Waals surface area contributed by atoms with Crippen molar-refractivity contribution >= 4 is 11.6 Å². The van der Waals surface area contributed by atoms with Crippen LogP contribution < -0.4 is 0 Å². The molecule has 4 heteroatoms. The van der Waals surface area contributed by atoms with Crippen LogP contribution in [-0.4, -0.2) is 36.7 Å². The molecule has 1 amide bonds. The molecule has 0 aromatic heterocycles. The van der Waals surface area contributed by atoms with Gasteiger partial charge in [0, 0.05) is 20.5 Å². The van der Waals surface area contributed by atoms with Gasteiger partial charge in [0.1, 0.15) is 11.8 Å². The highest BCUT2D eigenvalue weighted by atomic mass is 16.6. The van der Waals surface area contributed by atoms with E-state index in [-0.39, 0.29) is 12.0 Å². The van der Waals surface area contributed by atoms with E-state index < -0.39 is 0 Å². The van der Waals surface area contributed by atoms with Gasteiger partial charge >= 0.3 is 0 Å². The first-order chi connectivity index (χ1) is 5.11. The maximum absolute atomic E-state index is 11.2. The summed E-state index contributed by atoms with van der Waals surface area (Å²) in [6.07, 6.45) is 0.672. The Balaban J connectivity index is 2.56. The Kier molecular flexibility index (Phi) is 2.12. The topological polar surface area (TPSA) is 41.9 Å². The van der Waals surface area contributed by atoms with E-state index in [1.54, 1.807) is 14.1 Å². The second-order valence-electron chi connectivity index (χ2n) is 2.86. The molecule has 1 aliphatic heterocycles. The third-order valence-electron chi connectivity index (χ3n) is 1.48. The van der Waals surface area contributed by atoms with Crippen molar-refractivity contribution in [2.24, 2.45) is 5.16 Å². The number of carbonyl (C=O) groups is 1. The number of carbonyl (C=O) groups excluding carboxylic acids is 1. The fraction of sp³-hybridized carbons (Fsp3) is 0.714. The molecule has 0 aromatic rings. The smallest absolute Gasteiger partial charge is 0.271 e. The number of hydrogen-bond acceptors (Lipinski definition) is 3. The molecule has 1 atom stereocenters. The van der Waals surface area contributed by atoms with Gasteiger partial charge in [-0.3, -0.25) is 4.79 Å². The lowest BCUT2D eigenvalue weighted by molar-refractivity contribution is -0.121. The van der Waals surface area contributed by atoms with Gasteiger partial charge in [-0.1, -0.05) is 5.16 Å². The zero-order valence-corrected chi connectivity index (χ0v) is 7.00. The minimum Gasteiger partial charge on any atom is -0.392 e. The highest BCUT2D eigenvalue weighted by Gasteiger charge is 2.23. The fourth-order valence-corrected chi connectivity index (χ4v) is 0.885. The van der Waals surface area contributed by atoms with Gasteiger partial charge < -0.3 is 9.74 Å². The van der Waals surface area contributed by atoms with Crippen LogP contribution in [0.25, 0.3) is 0 Å². The Morgan fingerprint density at radius 2 is 2.36 bits per heavy atom. The molecule has 0 saturated carbocycles. The normalized spacial score (nSPS) is 22.5. The standard InChI is InChI=1S/C7H12N2O2/c1-5-4-6(8-11-5)7(10)9(2)3/h5H,4H2,1-3H3. The van der Waals surface area contributed by atoms with E-state index in [4.69, 9.17) is 4.84 Å². The average Bonchev–Trinajstić information content (AvgIpc) is 2.34. The predicted molar refractivity (Wildman–Crippen MR) is 41.3 cm³/mol. The van der Waals surface area contributed by atoms with E-state index in [1.807, 2.05) is 6.92 Å². The zero-order chi connectivity index (χ0) is 8.43. The Morgan fingerprint density at radius 1 is 1.73 bits per heavy atom. The van der Waals surface area contributed by atoms with Crippen molar-refractivity contribution in [3.05, 3.63) is 0 Å². The summed E-state index contributed by atoms with van der Waals surface area (Å²) in [5.74, 6) is -0.0608. The van der Waals surface area contributed by atoms with Crippen LogP contribution in [0.15, 0.2) is 5.16 Å². The SMILES string of the molecule is CC1CC(C(=O)N(C)C)=NO1. The molecule has 4 nitrogen and oxygen atoms in total. The predicted octanol–water partition coefficient (Wildman–Crippen LogP) is 0.239.